The fourth-order valence-corrected chi connectivity index (χ4v) is 5.96. The highest BCUT2D eigenvalue weighted by Crippen LogP contribution is 2.38. The van der Waals surface area contributed by atoms with Crippen LogP contribution < -0.4 is 10.2 Å². The van der Waals surface area contributed by atoms with E-state index >= 15 is 0 Å². The van der Waals surface area contributed by atoms with Crippen molar-refractivity contribution < 1.29 is 9.53 Å². The highest BCUT2D eigenvalue weighted by atomic mass is 16.6. The zero-order valence-corrected chi connectivity index (χ0v) is 25.3. The molecule has 0 bridgehead atoms. The number of H-pyrrole nitrogens is 1. The number of hydrogen-bond donors (Lipinski definition) is 2. The van der Waals surface area contributed by atoms with Crippen molar-refractivity contribution in [2.45, 2.75) is 64.5 Å². The Hall–Kier alpha value is -4.08. The number of nitrogens with one attached hydrogen (secondary N) is 2. The Morgan fingerprint density at radius 3 is 2.67 bits per heavy atom. The van der Waals surface area contributed by atoms with Crippen LogP contribution in [0.1, 0.15) is 58.1 Å². The standard InChI is InChI=1S/C32H44N8O2/c1-32(2,3)42-31(41)38(19-14-24-9-6-5-7-10-24)17-8-18-39(28-13-16-36-37-28)22-25-11-12-26(21-25)40-20-15-27-29(33-4)34-23-35-30(27)40/h5-7,9-10,13,15-16,20,23,25-26H,8,11-12,14,17-19,21-22H2,1-4H3,(H,36,37)(H,33,34,35)/t25-,26+/m1/s1. The number of fused-ring (bicyclic) bond motifs is 1. The fourth-order valence-electron chi connectivity index (χ4n) is 5.96. The summed E-state index contributed by atoms with van der Waals surface area (Å²) >= 11 is 0. The minimum Gasteiger partial charge on any atom is -0.444 e. The first-order valence-corrected chi connectivity index (χ1v) is 15.1. The number of amides is 1. The largest absolute Gasteiger partial charge is 0.444 e. The Morgan fingerprint density at radius 2 is 1.93 bits per heavy atom. The molecule has 4 aromatic rings. The van der Waals surface area contributed by atoms with Crippen molar-refractivity contribution in [1.29, 1.82) is 0 Å². The highest BCUT2D eigenvalue weighted by Gasteiger charge is 2.29. The van der Waals surface area contributed by atoms with E-state index < -0.39 is 5.60 Å². The summed E-state index contributed by atoms with van der Waals surface area (Å²) in [5.74, 6) is 2.42. The van der Waals surface area contributed by atoms with E-state index in [4.69, 9.17) is 4.74 Å². The Balaban J connectivity index is 1.21. The van der Waals surface area contributed by atoms with Gasteiger partial charge in [0, 0.05) is 51.5 Å². The average Bonchev–Trinajstić information content (AvgIpc) is 3.74. The minimum absolute atomic E-state index is 0.255. The van der Waals surface area contributed by atoms with Crippen molar-refractivity contribution >= 4 is 28.8 Å². The molecule has 1 aliphatic carbocycles. The van der Waals surface area contributed by atoms with Gasteiger partial charge in [0.05, 0.1) is 11.6 Å². The summed E-state index contributed by atoms with van der Waals surface area (Å²) in [6, 6.07) is 14.8. The number of benzene rings is 1. The number of rotatable bonds is 12. The first kappa shape index (κ1) is 29.4. The molecule has 1 fully saturated rings. The monoisotopic (exact) mass is 572 g/mol. The molecule has 2 atom stereocenters. The smallest absolute Gasteiger partial charge is 0.410 e. The van der Waals surface area contributed by atoms with Gasteiger partial charge < -0.3 is 24.4 Å². The number of nitrogens with zero attached hydrogens (tertiary/aromatic N) is 6. The molecular weight excluding hydrogens is 528 g/mol. The molecule has 0 saturated heterocycles. The van der Waals surface area contributed by atoms with Crippen molar-refractivity contribution in [2.24, 2.45) is 5.92 Å². The van der Waals surface area contributed by atoms with Crippen molar-refractivity contribution in [2.75, 3.05) is 43.4 Å². The second-order valence-corrected chi connectivity index (χ2v) is 12.2. The van der Waals surface area contributed by atoms with Gasteiger partial charge in [-0.05, 0) is 70.4 Å². The SMILES string of the molecule is CNc1ncnc2c1ccn2[C@H]1CC[C@@H](CN(CCCN(CCc2ccccc2)C(=O)OC(C)(C)C)c2ccn[nH]2)C1. The van der Waals surface area contributed by atoms with E-state index in [9.17, 15) is 4.79 Å². The predicted molar refractivity (Wildman–Crippen MR) is 167 cm³/mol. The second kappa shape index (κ2) is 13.3. The summed E-state index contributed by atoms with van der Waals surface area (Å²) in [6.45, 7) is 8.75. The molecule has 224 valence electrons. The van der Waals surface area contributed by atoms with Crippen molar-refractivity contribution in [3.8, 4) is 0 Å². The summed E-state index contributed by atoms with van der Waals surface area (Å²) in [6.07, 6.45) is 10.3. The zero-order chi connectivity index (χ0) is 29.5. The predicted octanol–water partition coefficient (Wildman–Crippen LogP) is 5.91. The van der Waals surface area contributed by atoms with Gasteiger partial charge in [-0.25, -0.2) is 14.8 Å². The van der Waals surface area contributed by atoms with Crippen molar-refractivity contribution in [3.63, 3.8) is 0 Å². The van der Waals surface area contributed by atoms with Crippen LogP contribution in [-0.4, -0.2) is 74.6 Å². The lowest BCUT2D eigenvalue weighted by molar-refractivity contribution is 0.0250. The fraction of sp³-hybridized carbons (Fsp3) is 0.500. The number of aromatic amines is 1. The maximum atomic E-state index is 13.1. The number of aromatic nitrogens is 5. The van der Waals surface area contributed by atoms with Crippen LogP contribution in [0, 0.1) is 5.92 Å². The van der Waals surface area contributed by atoms with Gasteiger partial charge in [0.1, 0.15) is 29.2 Å². The minimum atomic E-state index is -0.533. The lowest BCUT2D eigenvalue weighted by Gasteiger charge is -2.30. The third-order valence-electron chi connectivity index (χ3n) is 7.98. The van der Waals surface area contributed by atoms with Gasteiger partial charge in [0.15, 0.2) is 0 Å². The van der Waals surface area contributed by atoms with Crippen LogP contribution in [0.15, 0.2) is 61.2 Å². The summed E-state index contributed by atoms with van der Waals surface area (Å²) in [7, 11) is 1.89. The van der Waals surface area contributed by atoms with E-state index in [-0.39, 0.29) is 6.09 Å². The molecule has 3 heterocycles. The van der Waals surface area contributed by atoms with Gasteiger partial charge >= 0.3 is 6.09 Å². The van der Waals surface area contributed by atoms with E-state index in [1.807, 2.05) is 57.0 Å². The Kier molecular flexibility index (Phi) is 9.29. The number of carbonyl (C=O) groups excluding carboxylic acids is 1. The molecule has 5 rings (SSSR count). The summed E-state index contributed by atoms with van der Waals surface area (Å²) in [5, 5.41) is 11.6. The lowest BCUT2D eigenvalue weighted by Crippen LogP contribution is -2.40. The molecule has 10 heteroatoms. The van der Waals surface area contributed by atoms with Crippen LogP contribution in [0.25, 0.3) is 11.0 Å². The molecule has 1 saturated carbocycles. The molecule has 0 aliphatic heterocycles. The molecule has 42 heavy (non-hydrogen) atoms. The number of ether oxygens (including phenoxy) is 1. The topological polar surface area (TPSA) is 104 Å². The molecule has 1 aliphatic rings. The molecule has 0 spiro atoms. The zero-order valence-electron chi connectivity index (χ0n) is 25.3. The van der Waals surface area contributed by atoms with E-state index in [0.29, 0.717) is 25.0 Å². The van der Waals surface area contributed by atoms with Crippen molar-refractivity contribution in [1.82, 2.24) is 29.6 Å². The van der Waals surface area contributed by atoms with Gasteiger partial charge in [-0.15, -0.1) is 0 Å². The number of carbonyl (C=O) groups is 1. The molecule has 2 N–H and O–H groups in total. The van der Waals surface area contributed by atoms with E-state index in [0.717, 1.165) is 67.9 Å². The average molecular weight is 573 g/mol. The number of anilines is 2. The van der Waals surface area contributed by atoms with Gasteiger partial charge in [-0.2, -0.15) is 5.10 Å². The lowest BCUT2D eigenvalue weighted by atomic mass is 10.1. The molecule has 10 nitrogen and oxygen atoms in total. The summed E-state index contributed by atoms with van der Waals surface area (Å²) in [4.78, 5) is 26.3. The van der Waals surface area contributed by atoms with Gasteiger partial charge in [-0.1, -0.05) is 30.3 Å². The molecule has 1 amide bonds. The first-order valence-electron chi connectivity index (χ1n) is 15.1. The molecule has 0 unspecified atom stereocenters. The number of hydrogen-bond acceptors (Lipinski definition) is 7. The summed E-state index contributed by atoms with van der Waals surface area (Å²) in [5.41, 5.74) is 1.67. The van der Waals surface area contributed by atoms with Crippen LogP contribution in [0.2, 0.25) is 0 Å². The molecular formula is C32H44N8O2. The van der Waals surface area contributed by atoms with E-state index in [2.05, 4.69) is 59.3 Å². The molecule has 1 aromatic carbocycles. The quantitative estimate of drug-likeness (QED) is 0.217. The van der Waals surface area contributed by atoms with Crippen LogP contribution in [0.5, 0.6) is 0 Å². The third kappa shape index (κ3) is 7.40. The van der Waals surface area contributed by atoms with Crippen LogP contribution in [-0.2, 0) is 11.2 Å². The Morgan fingerprint density at radius 1 is 1.10 bits per heavy atom. The molecule has 0 radical (unpaired) electrons. The summed E-state index contributed by atoms with van der Waals surface area (Å²) < 4.78 is 8.08. The third-order valence-corrected chi connectivity index (χ3v) is 7.98. The Labute approximate surface area is 248 Å². The van der Waals surface area contributed by atoms with Crippen molar-refractivity contribution in [3.05, 3.63) is 66.7 Å². The normalized spacial score (nSPS) is 17.0. The van der Waals surface area contributed by atoms with Gasteiger partial charge in [-0.3, -0.25) is 5.10 Å². The van der Waals surface area contributed by atoms with Gasteiger partial charge in [0.25, 0.3) is 0 Å². The van der Waals surface area contributed by atoms with E-state index in [1.165, 1.54) is 5.56 Å². The van der Waals surface area contributed by atoms with Crippen LogP contribution in [0.4, 0.5) is 16.4 Å². The van der Waals surface area contributed by atoms with E-state index in [1.54, 1.807) is 12.5 Å². The van der Waals surface area contributed by atoms with Gasteiger partial charge in [0.2, 0.25) is 0 Å². The molecule has 3 aromatic heterocycles. The first-order chi connectivity index (χ1) is 20.3. The van der Waals surface area contributed by atoms with Crippen LogP contribution in [0.3, 0.4) is 0 Å². The maximum absolute atomic E-state index is 13.1. The maximum Gasteiger partial charge on any atom is 0.410 e. The Bertz CT molecular complexity index is 1410. The van der Waals surface area contributed by atoms with Crippen LogP contribution >= 0.6 is 0 Å². The second-order valence-electron chi connectivity index (χ2n) is 12.2. The highest BCUT2D eigenvalue weighted by molar-refractivity contribution is 5.87.